The van der Waals surface area contributed by atoms with Crippen LogP contribution < -0.4 is 4.72 Å². The van der Waals surface area contributed by atoms with E-state index < -0.39 is 28.4 Å². The van der Waals surface area contributed by atoms with Gasteiger partial charge in [0.25, 0.3) is 5.92 Å². The van der Waals surface area contributed by atoms with Gasteiger partial charge in [-0.2, -0.15) is 5.10 Å². The van der Waals surface area contributed by atoms with Crippen LogP contribution in [0.25, 0.3) is 0 Å². The molecule has 0 spiro atoms. The van der Waals surface area contributed by atoms with E-state index in [4.69, 9.17) is 4.74 Å². The number of hydrogen-bond donors (Lipinski definition) is 1. The highest BCUT2D eigenvalue weighted by Crippen LogP contribution is 2.30. The Kier molecular flexibility index (Phi) is 5.66. The molecule has 1 aromatic rings. The van der Waals surface area contributed by atoms with Crippen LogP contribution in [0.2, 0.25) is 0 Å². The normalized spacial score (nSPS) is 21.9. The van der Waals surface area contributed by atoms with E-state index in [0.717, 1.165) is 0 Å². The van der Waals surface area contributed by atoms with Gasteiger partial charge < -0.3 is 4.74 Å². The van der Waals surface area contributed by atoms with Crippen molar-refractivity contribution in [2.75, 3.05) is 13.2 Å². The summed E-state index contributed by atoms with van der Waals surface area (Å²) in [6.07, 6.45) is -0.560. The fourth-order valence-electron chi connectivity index (χ4n) is 2.88. The van der Waals surface area contributed by atoms with Crippen molar-refractivity contribution in [3.63, 3.8) is 0 Å². The molecule has 0 saturated carbocycles. The van der Waals surface area contributed by atoms with Gasteiger partial charge >= 0.3 is 0 Å². The van der Waals surface area contributed by atoms with Crippen molar-refractivity contribution >= 4 is 10.0 Å². The van der Waals surface area contributed by atoms with Crippen molar-refractivity contribution in [3.8, 4) is 0 Å². The third-order valence-corrected chi connectivity index (χ3v) is 5.78. The minimum absolute atomic E-state index is 0.0101. The van der Waals surface area contributed by atoms with Gasteiger partial charge in [0.2, 0.25) is 10.0 Å². The average molecular weight is 365 g/mol. The second-order valence-electron chi connectivity index (χ2n) is 6.66. The molecule has 0 radical (unpaired) electrons. The number of alkyl halides is 2. The first-order valence-electron chi connectivity index (χ1n) is 8.06. The van der Waals surface area contributed by atoms with Gasteiger partial charge in [0, 0.05) is 19.6 Å². The number of ether oxygens (including phenoxy) is 1. The van der Waals surface area contributed by atoms with Crippen molar-refractivity contribution in [2.24, 2.45) is 5.92 Å². The van der Waals surface area contributed by atoms with Gasteiger partial charge in [-0.05, 0) is 26.2 Å². The summed E-state index contributed by atoms with van der Waals surface area (Å²) >= 11 is 0. The fraction of sp³-hybridized carbons (Fsp3) is 0.800. The second kappa shape index (κ2) is 7.05. The van der Waals surface area contributed by atoms with E-state index in [2.05, 4.69) is 9.82 Å². The largest absolute Gasteiger partial charge is 0.381 e. The monoisotopic (exact) mass is 365 g/mol. The van der Waals surface area contributed by atoms with Crippen molar-refractivity contribution in [3.05, 3.63) is 11.4 Å². The van der Waals surface area contributed by atoms with Gasteiger partial charge in [0.05, 0.1) is 24.0 Å². The third kappa shape index (κ3) is 4.12. The number of rotatable bonds is 5. The molecule has 0 bridgehead atoms. The molecule has 1 N–H and O–H groups in total. The number of nitrogens with one attached hydrogen (secondary N) is 1. The summed E-state index contributed by atoms with van der Waals surface area (Å²) in [7, 11) is -4.09. The zero-order valence-corrected chi connectivity index (χ0v) is 15.3. The Bertz CT molecular complexity index is 686. The molecule has 2 rings (SSSR count). The van der Waals surface area contributed by atoms with Gasteiger partial charge in [0.15, 0.2) is 0 Å². The van der Waals surface area contributed by atoms with E-state index in [1.54, 1.807) is 18.5 Å². The molecular weight excluding hydrogens is 340 g/mol. The first-order chi connectivity index (χ1) is 11.0. The van der Waals surface area contributed by atoms with Crippen molar-refractivity contribution in [1.29, 1.82) is 0 Å². The number of sulfonamides is 1. The summed E-state index contributed by atoms with van der Waals surface area (Å²) in [5.74, 6) is -2.85. The molecule has 1 unspecified atom stereocenters. The SMILES string of the molecule is Cc1nn(CC(C)C)c(C)c1S(=O)(=O)NC1CCOCCC1(F)F. The molecule has 6 nitrogen and oxygen atoms in total. The molecule has 1 fully saturated rings. The smallest absolute Gasteiger partial charge is 0.266 e. The summed E-state index contributed by atoms with van der Waals surface area (Å²) in [5, 5.41) is 4.25. The summed E-state index contributed by atoms with van der Waals surface area (Å²) in [5.41, 5.74) is 0.774. The average Bonchev–Trinajstić information content (AvgIpc) is 2.60. The number of aryl methyl sites for hydroxylation is 1. The van der Waals surface area contributed by atoms with E-state index in [0.29, 0.717) is 17.9 Å². The van der Waals surface area contributed by atoms with E-state index in [1.807, 2.05) is 13.8 Å². The lowest BCUT2D eigenvalue weighted by atomic mass is 10.1. The Morgan fingerprint density at radius 1 is 1.38 bits per heavy atom. The first-order valence-corrected chi connectivity index (χ1v) is 9.55. The van der Waals surface area contributed by atoms with Crippen LogP contribution in [-0.4, -0.2) is 43.4 Å². The molecule has 1 saturated heterocycles. The van der Waals surface area contributed by atoms with Gasteiger partial charge in [-0.25, -0.2) is 21.9 Å². The van der Waals surface area contributed by atoms with E-state index in [-0.39, 0.29) is 30.4 Å². The maximum absolute atomic E-state index is 14.1. The first kappa shape index (κ1) is 19.3. The molecule has 1 aliphatic heterocycles. The predicted octanol–water partition coefficient (Wildman–Crippen LogP) is 2.25. The number of aromatic nitrogens is 2. The number of nitrogens with zero attached hydrogens (tertiary/aromatic N) is 2. The van der Waals surface area contributed by atoms with Crippen molar-refractivity contribution < 1.29 is 21.9 Å². The maximum atomic E-state index is 14.1. The summed E-state index contributed by atoms with van der Waals surface area (Å²) in [6.45, 7) is 7.81. The maximum Gasteiger partial charge on any atom is 0.266 e. The molecule has 0 aliphatic carbocycles. The highest BCUT2D eigenvalue weighted by molar-refractivity contribution is 7.89. The molecule has 138 valence electrons. The Balaban J connectivity index is 2.32. The topological polar surface area (TPSA) is 73.2 Å². The minimum Gasteiger partial charge on any atom is -0.381 e. The second-order valence-corrected chi connectivity index (χ2v) is 8.31. The minimum atomic E-state index is -4.09. The zero-order valence-electron chi connectivity index (χ0n) is 14.5. The molecule has 2 heterocycles. The highest BCUT2D eigenvalue weighted by atomic mass is 32.2. The molecule has 9 heteroatoms. The quantitative estimate of drug-likeness (QED) is 0.869. The lowest BCUT2D eigenvalue weighted by Gasteiger charge is -2.24. The van der Waals surface area contributed by atoms with Crippen molar-refractivity contribution in [1.82, 2.24) is 14.5 Å². The summed E-state index contributed by atoms with van der Waals surface area (Å²) in [4.78, 5) is -0.0101. The van der Waals surface area contributed by atoms with E-state index >= 15 is 0 Å². The van der Waals surface area contributed by atoms with E-state index in [1.165, 1.54) is 0 Å². The Labute approximate surface area is 141 Å². The van der Waals surface area contributed by atoms with Crippen LogP contribution in [0.5, 0.6) is 0 Å². The van der Waals surface area contributed by atoms with Gasteiger partial charge in [-0.3, -0.25) is 4.68 Å². The van der Waals surface area contributed by atoms with E-state index in [9.17, 15) is 17.2 Å². The number of hydrogen-bond acceptors (Lipinski definition) is 4. The van der Waals surface area contributed by atoms with Crippen LogP contribution >= 0.6 is 0 Å². The predicted molar refractivity (Wildman–Crippen MR) is 85.6 cm³/mol. The van der Waals surface area contributed by atoms with Gasteiger partial charge in [0.1, 0.15) is 4.90 Å². The lowest BCUT2D eigenvalue weighted by Crippen LogP contribution is -2.47. The van der Waals surface area contributed by atoms with Crippen LogP contribution in [0.4, 0.5) is 8.78 Å². The van der Waals surface area contributed by atoms with Crippen LogP contribution in [0.15, 0.2) is 4.90 Å². The van der Waals surface area contributed by atoms with Crippen LogP contribution in [0.1, 0.15) is 38.1 Å². The fourth-order valence-corrected chi connectivity index (χ4v) is 4.59. The summed E-state index contributed by atoms with van der Waals surface area (Å²) in [6, 6.07) is -1.47. The third-order valence-electron chi connectivity index (χ3n) is 4.06. The molecule has 0 aromatic carbocycles. The van der Waals surface area contributed by atoms with Crippen molar-refractivity contribution in [2.45, 2.75) is 63.9 Å². The molecule has 1 aliphatic rings. The van der Waals surface area contributed by atoms with Crippen LogP contribution in [0, 0.1) is 19.8 Å². The molecule has 24 heavy (non-hydrogen) atoms. The molecular formula is C15H25F2N3O3S. The van der Waals surface area contributed by atoms with Gasteiger partial charge in [-0.15, -0.1) is 0 Å². The molecule has 0 amide bonds. The molecule has 1 aromatic heterocycles. The van der Waals surface area contributed by atoms with Crippen LogP contribution in [0.3, 0.4) is 0 Å². The van der Waals surface area contributed by atoms with Gasteiger partial charge in [-0.1, -0.05) is 13.8 Å². The number of halogens is 2. The Hall–Kier alpha value is -1.06. The zero-order chi connectivity index (χ0) is 18.1. The molecule has 1 atom stereocenters. The summed E-state index contributed by atoms with van der Waals surface area (Å²) < 4.78 is 62.5. The van der Waals surface area contributed by atoms with Crippen LogP contribution in [-0.2, 0) is 21.3 Å². The Morgan fingerprint density at radius 2 is 2.04 bits per heavy atom. The Morgan fingerprint density at radius 3 is 2.67 bits per heavy atom. The standard InChI is InChI=1S/C15H25F2N3O3S/c1-10(2)9-20-12(4)14(11(3)18-20)24(21,22)19-13-5-7-23-8-6-15(13,16)17/h10,13,19H,5-9H2,1-4H3. The highest BCUT2D eigenvalue weighted by Gasteiger charge is 2.43. The lowest BCUT2D eigenvalue weighted by molar-refractivity contribution is -0.0377.